The van der Waals surface area contributed by atoms with Gasteiger partial charge in [-0.2, -0.15) is 0 Å². The molecular weight excluding hydrogens is 316 g/mol. The number of amides is 2. The van der Waals surface area contributed by atoms with Gasteiger partial charge in [-0.1, -0.05) is 24.3 Å². The highest BCUT2D eigenvalue weighted by Gasteiger charge is 2.07. The molecule has 0 heterocycles. The van der Waals surface area contributed by atoms with Crippen molar-refractivity contribution in [2.45, 2.75) is 26.8 Å². The average molecular weight is 338 g/mol. The minimum atomic E-state index is -0.179. The fraction of sp³-hybridized carbons (Fsp3) is 0.250. The Morgan fingerprint density at radius 2 is 1.24 bits per heavy atom. The van der Waals surface area contributed by atoms with Crippen LogP contribution < -0.4 is 10.6 Å². The predicted molar refractivity (Wildman–Crippen MR) is 96.4 cm³/mol. The zero-order valence-corrected chi connectivity index (χ0v) is 14.5. The molecule has 0 unspecified atom stereocenters. The van der Waals surface area contributed by atoms with Crippen molar-refractivity contribution in [2.24, 2.45) is 0 Å². The number of benzene rings is 2. The molecule has 0 radical (unpaired) electrons. The summed E-state index contributed by atoms with van der Waals surface area (Å²) in [6.45, 7) is 4.37. The van der Waals surface area contributed by atoms with Crippen molar-refractivity contribution < 1.29 is 14.4 Å². The van der Waals surface area contributed by atoms with E-state index in [1.807, 2.05) is 19.1 Å². The van der Waals surface area contributed by atoms with Gasteiger partial charge in [0.15, 0.2) is 0 Å². The van der Waals surface area contributed by atoms with E-state index >= 15 is 0 Å². The second kappa shape index (κ2) is 8.78. The van der Waals surface area contributed by atoms with Crippen LogP contribution in [-0.4, -0.2) is 24.1 Å². The van der Waals surface area contributed by atoms with E-state index in [4.69, 9.17) is 0 Å². The Kier molecular flexibility index (Phi) is 6.46. The lowest BCUT2D eigenvalue weighted by molar-refractivity contribution is -0.116. The monoisotopic (exact) mass is 338 g/mol. The number of carbonyl (C=O) groups is 3. The summed E-state index contributed by atoms with van der Waals surface area (Å²) < 4.78 is 0. The SMILES string of the molecule is CCNC(=O)c1ccc(CNC(=O)c2ccc(CC(C)=O)cc2)cc1. The lowest BCUT2D eigenvalue weighted by atomic mass is 10.1. The van der Waals surface area contributed by atoms with Crippen LogP contribution in [0.5, 0.6) is 0 Å². The molecule has 2 amide bonds. The summed E-state index contributed by atoms with van der Waals surface area (Å²) in [6.07, 6.45) is 0.375. The van der Waals surface area contributed by atoms with Crippen molar-refractivity contribution in [2.75, 3.05) is 6.54 Å². The molecule has 0 spiro atoms. The second-order valence-corrected chi connectivity index (χ2v) is 5.81. The third-order valence-corrected chi connectivity index (χ3v) is 3.68. The Bertz CT molecular complexity index is 750. The van der Waals surface area contributed by atoms with Gasteiger partial charge in [-0.3, -0.25) is 14.4 Å². The van der Waals surface area contributed by atoms with E-state index in [-0.39, 0.29) is 17.6 Å². The number of carbonyl (C=O) groups excluding carboxylic acids is 3. The molecule has 25 heavy (non-hydrogen) atoms. The highest BCUT2D eigenvalue weighted by Crippen LogP contribution is 2.08. The van der Waals surface area contributed by atoms with E-state index in [0.717, 1.165) is 11.1 Å². The van der Waals surface area contributed by atoms with E-state index in [9.17, 15) is 14.4 Å². The molecule has 5 heteroatoms. The zero-order valence-electron chi connectivity index (χ0n) is 14.5. The summed E-state index contributed by atoms with van der Waals surface area (Å²) in [5, 5.41) is 5.58. The molecule has 0 saturated heterocycles. The third kappa shape index (κ3) is 5.57. The van der Waals surface area contributed by atoms with Gasteiger partial charge < -0.3 is 10.6 Å². The van der Waals surface area contributed by atoms with E-state index < -0.39 is 0 Å². The lowest BCUT2D eigenvalue weighted by Crippen LogP contribution is -2.23. The Morgan fingerprint density at radius 3 is 1.72 bits per heavy atom. The summed E-state index contributed by atoms with van der Waals surface area (Å²) in [5.74, 6) is -0.195. The van der Waals surface area contributed by atoms with Gasteiger partial charge in [0.2, 0.25) is 0 Å². The average Bonchev–Trinajstić information content (AvgIpc) is 2.60. The minimum Gasteiger partial charge on any atom is -0.352 e. The van der Waals surface area contributed by atoms with Crippen molar-refractivity contribution in [3.8, 4) is 0 Å². The highest BCUT2D eigenvalue weighted by atomic mass is 16.2. The molecule has 0 fully saturated rings. The predicted octanol–water partition coefficient (Wildman–Crippen LogP) is 2.50. The standard InChI is InChI=1S/C20H22N2O3/c1-3-21-19(24)17-10-6-16(7-11-17)13-22-20(25)18-8-4-15(5-9-18)12-14(2)23/h4-11H,3,12-13H2,1-2H3,(H,21,24)(H,22,25). The number of rotatable bonds is 7. The van der Waals surface area contributed by atoms with Crippen LogP contribution >= 0.6 is 0 Å². The zero-order chi connectivity index (χ0) is 18.2. The summed E-state index contributed by atoms with van der Waals surface area (Å²) in [6, 6.07) is 14.1. The van der Waals surface area contributed by atoms with Gasteiger partial charge in [-0.25, -0.2) is 0 Å². The summed E-state index contributed by atoms with van der Waals surface area (Å²) in [7, 11) is 0. The van der Waals surface area contributed by atoms with Gasteiger partial charge in [-0.05, 0) is 49.2 Å². The maximum Gasteiger partial charge on any atom is 0.251 e. The van der Waals surface area contributed by atoms with Gasteiger partial charge in [0, 0.05) is 30.6 Å². The molecule has 0 aliphatic carbocycles. The van der Waals surface area contributed by atoms with Crippen LogP contribution in [0.2, 0.25) is 0 Å². The first kappa shape index (κ1) is 18.4. The number of ketones is 1. The van der Waals surface area contributed by atoms with Gasteiger partial charge in [0.05, 0.1) is 0 Å². The maximum atomic E-state index is 12.2. The smallest absolute Gasteiger partial charge is 0.251 e. The van der Waals surface area contributed by atoms with E-state index in [0.29, 0.717) is 30.6 Å². The molecule has 0 aliphatic heterocycles. The van der Waals surface area contributed by atoms with Crippen molar-refractivity contribution in [3.63, 3.8) is 0 Å². The van der Waals surface area contributed by atoms with Gasteiger partial charge in [-0.15, -0.1) is 0 Å². The molecule has 130 valence electrons. The number of hydrogen-bond donors (Lipinski definition) is 2. The first-order valence-corrected chi connectivity index (χ1v) is 8.23. The van der Waals surface area contributed by atoms with Crippen LogP contribution in [-0.2, 0) is 17.8 Å². The molecule has 2 aromatic carbocycles. The summed E-state index contributed by atoms with van der Waals surface area (Å²) in [4.78, 5) is 35.0. The van der Waals surface area contributed by atoms with E-state index in [1.165, 1.54) is 6.92 Å². The molecule has 2 rings (SSSR count). The molecule has 2 aromatic rings. The summed E-state index contributed by atoms with van der Waals surface area (Å²) >= 11 is 0. The van der Waals surface area contributed by atoms with Crippen molar-refractivity contribution in [1.29, 1.82) is 0 Å². The topological polar surface area (TPSA) is 75.3 Å². The molecule has 0 atom stereocenters. The highest BCUT2D eigenvalue weighted by molar-refractivity contribution is 5.95. The second-order valence-electron chi connectivity index (χ2n) is 5.81. The van der Waals surface area contributed by atoms with E-state index in [2.05, 4.69) is 10.6 Å². The van der Waals surface area contributed by atoms with E-state index in [1.54, 1.807) is 36.4 Å². The normalized spacial score (nSPS) is 10.2. The third-order valence-electron chi connectivity index (χ3n) is 3.68. The van der Waals surface area contributed by atoms with Crippen LogP contribution in [0, 0.1) is 0 Å². The molecule has 0 saturated carbocycles. The van der Waals surface area contributed by atoms with Crippen molar-refractivity contribution >= 4 is 17.6 Å². The number of nitrogens with one attached hydrogen (secondary N) is 2. The maximum absolute atomic E-state index is 12.2. The molecule has 5 nitrogen and oxygen atoms in total. The lowest BCUT2D eigenvalue weighted by Gasteiger charge is -2.07. The fourth-order valence-corrected chi connectivity index (χ4v) is 2.38. The largest absolute Gasteiger partial charge is 0.352 e. The van der Waals surface area contributed by atoms with Crippen LogP contribution in [0.4, 0.5) is 0 Å². The Hall–Kier alpha value is -2.95. The minimum absolute atomic E-state index is 0.0910. The van der Waals surface area contributed by atoms with Gasteiger partial charge in [0.1, 0.15) is 5.78 Å². The van der Waals surface area contributed by atoms with Crippen LogP contribution in [0.15, 0.2) is 48.5 Å². The van der Waals surface area contributed by atoms with Crippen LogP contribution in [0.1, 0.15) is 45.7 Å². The van der Waals surface area contributed by atoms with Gasteiger partial charge >= 0.3 is 0 Å². The molecule has 0 aliphatic rings. The van der Waals surface area contributed by atoms with Crippen LogP contribution in [0.3, 0.4) is 0 Å². The molecule has 0 bridgehead atoms. The Labute approximate surface area is 147 Å². The van der Waals surface area contributed by atoms with Crippen LogP contribution in [0.25, 0.3) is 0 Å². The Balaban J connectivity index is 1.91. The molecule has 0 aromatic heterocycles. The van der Waals surface area contributed by atoms with Crippen molar-refractivity contribution in [1.82, 2.24) is 10.6 Å². The number of Topliss-reactive ketones (excluding diaryl/α,β-unsaturated/α-hetero) is 1. The quantitative estimate of drug-likeness (QED) is 0.814. The molecule has 2 N–H and O–H groups in total. The number of hydrogen-bond acceptors (Lipinski definition) is 3. The summed E-state index contributed by atoms with van der Waals surface area (Å²) in [5.41, 5.74) is 2.95. The first-order chi connectivity index (χ1) is 12.0. The van der Waals surface area contributed by atoms with Crippen molar-refractivity contribution in [3.05, 3.63) is 70.8 Å². The fourth-order valence-electron chi connectivity index (χ4n) is 2.38. The first-order valence-electron chi connectivity index (χ1n) is 8.23. The van der Waals surface area contributed by atoms with Gasteiger partial charge in [0.25, 0.3) is 11.8 Å². The Morgan fingerprint density at radius 1 is 0.760 bits per heavy atom. The molecular formula is C20H22N2O3.